The van der Waals surface area contributed by atoms with Gasteiger partial charge in [0, 0.05) is 19.3 Å². The number of aliphatic hydroxyl groups excluding tert-OH is 1. The molecule has 5 heteroatoms. The van der Waals surface area contributed by atoms with Gasteiger partial charge in [0.1, 0.15) is 5.15 Å². The molecule has 0 aliphatic carbocycles. The van der Waals surface area contributed by atoms with Crippen LogP contribution in [0.15, 0.2) is 12.3 Å². The van der Waals surface area contributed by atoms with Gasteiger partial charge in [-0.25, -0.2) is 4.98 Å². The Labute approximate surface area is 98.9 Å². The molecular weight excluding hydrogens is 228 g/mol. The zero-order chi connectivity index (χ0) is 11.7. The van der Waals surface area contributed by atoms with Gasteiger partial charge in [-0.1, -0.05) is 11.6 Å². The number of likely N-dealkylation sites (tertiary alicyclic amines) is 1. The molecule has 1 N–H and O–H groups in total. The predicted octanol–water partition coefficient (Wildman–Crippen LogP) is 1.25. The van der Waals surface area contributed by atoms with Crippen LogP contribution in [-0.4, -0.2) is 40.1 Å². The van der Waals surface area contributed by atoms with Crippen LogP contribution in [-0.2, 0) is 0 Å². The zero-order valence-corrected chi connectivity index (χ0v) is 9.74. The lowest BCUT2D eigenvalue weighted by Crippen LogP contribution is -2.30. The molecule has 2 heterocycles. The molecule has 1 aromatic heterocycles. The Morgan fingerprint density at radius 1 is 1.69 bits per heavy atom. The maximum Gasteiger partial charge on any atom is 0.255 e. The highest BCUT2D eigenvalue weighted by atomic mass is 35.5. The first-order valence-corrected chi connectivity index (χ1v) is 5.55. The number of pyridine rings is 1. The second-order valence-corrected chi connectivity index (χ2v) is 4.40. The maximum atomic E-state index is 12.1. The number of β-amino-alcohol motifs (C(OH)–C–C–N with tert-alkyl or cyclic N) is 1. The summed E-state index contributed by atoms with van der Waals surface area (Å²) in [4.78, 5) is 17.6. The summed E-state index contributed by atoms with van der Waals surface area (Å²) in [5.74, 6) is -0.0850. The first kappa shape index (κ1) is 11.4. The SMILES string of the molecule is Cc1cc(Cl)ncc1C(=O)N1CC[C@H](O)C1. The minimum Gasteiger partial charge on any atom is -0.391 e. The van der Waals surface area contributed by atoms with Gasteiger partial charge < -0.3 is 10.0 Å². The van der Waals surface area contributed by atoms with Crippen molar-refractivity contribution in [3.05, 3.63) is 28.5 Å². The summed E-state index contributed by atoms with van der Waals surface area (Å²) in [6, 6.07) is 1.67. The Kier molecular flexibility index (Phi) is 3.12. The smallest absolute Gasteiger partial charge is 0.255 e. The normalized spacial score (nSPS) is 20.2. The van der Waals surface area contributed by atoms with E-state index in [0.717, 1.165) is 5.56 Å². The molecule has 0 saturated carbocycles. The number of carbonyl (C=O) groups is 1. The number of aryl methyl sites for hydroxylation is 1. The van der Waals surface area contributed by atoms with Crippen molar-refractivity contribution in [3.63, 3.8) is 0 Å². The van der Waals surface area contributed by atoms with Crippen molar-refractivity contribution in [2.45, 2.75) is 19.4 Å². The number of halogens is 1. The summed E-state index contributed by atoms with van der Waals surface area (Å²) in [5.41, 5.74) is 1.37. The van der Waals surface area contributed by atoms with E-state index < -0.39 is 6.10 Å². The van der Waals surface area contributed by atoms with Gasteiger partial charge in [0.05, 0.1) is 11.7 Å². The molecule has 2 rings (SSSR count). The van der Waals surface area contributed by atoms with E-state index in [1.807, 2.05) is 6.92 Å². The molecule has 1 aliphatic rings. The van der Waals surface area contributed by atoms with E-state index in [-0.39, 0.29) is 5.91 Å². The summed E-state index contributed by atoms with van der Waals surface area (Å²) in [6.07, 6.45) is 1.74. The molecule has 0 aromatic carbocycles. The highest BCUT2D eigenvalue weighted by molar-refractivity contribution is 6.29. The fourth-order valence-corrected chi connectivity index (χ4v) is 2.05. The number of aliphatic hydroxyl groups is 1. The number of rotatable bonds is 1. The highest BCUT2D eigenvalue weighted by Crippen LogP contribution is 2.17. The molecule has 1 fully saturated rings. The van der Waals surface area contributed by atoms with Crippen LogP contribution in [0.2, 0.25) is 5.15 Å². The van der Waals surface area contributed by atoms with E-state index in [2.05, 4.69) is 4.98 Å². The standard InChI is InChI=1S/C11H13ClN2O2/c1-7-4-10(12)13-5-9(7)11(16)14-3-2-8(15)6-14/h4-5,8,15H,2-3,6H2,1H3/t8-/m0/s1. The van der Waals surface area contributed by atoms with Crippen LogP contribution in [0.25, 0.3) is 0 Å². The minimum absolute atomic E-state index is 0.0850. The van der Waals surface area contributed by atoms with Crippen molar-refractivity contribution in [2.75, 3.05) is 13.1 Å². The van der Waals surface area contributed by atoms with Gasteiger partial charge >= 0.3 is 0 Å². The van der Waals surface area contributed by atoms with E-state index in [0.29, 0.717) is 30.2 Å². The van der Waals surface area contributed by atoms with Crippen molar-refractivity contribution in [2.24, 2.45) is 0 Å². The van der Waals surface area contributed by atoms with Crippen molar-refractivity contribution in [1.82, 2.24) is 9.88 Å². The summed E-state index contributed by atoms with van der Waals surface area (Å²) < 4.78 is 0. The second-order valence-electron chi connectivity index (χ2n) is 4.02. The largest absolute Gasteiger partial charge is 0.391 e. The highest BCUT2D eigenvalue weighted by Gasteiger charge is 2.26. The molecule has 1 amide bonds. The van der Waals surface area contributed by atoms with Gasteiger partial charge in [0.15, 0.2) is 0 Å². The molecule has 4 nitrogen and oxygen atoms in total. The lowest BCUT2D eigenvalue weighted by Gasteiger charge is -2.16. The number of nitrogens with zero attached hydrogens (tertiary/aromatic N) is 2. The van der Waals surface area contributed by atoms with Gasteiger partial charge in [0.25, 0.3) is 5.91 Å². The molecule has 0 spiro atoms. The maximum absolute atomic E-state index is 12.1. The second kappa shape index (κ2) is 4.39. The third-order valence-electron chi connectivity index (χ3n) is 2.76. The topological polar surface area (TPSA) is 53.4 Å². The van der Waals surface area contributed by atoms with Crippen LogP contribution in [0.1, 0.15) is 22.3 Å². The first-order valence-electron chi connectivity index (χ1n) is 5.17. The molecule has 16 heavy (non-hydrogen) atoms. The molecule has 86 valence electrons. The molecule has 1 aliphatic heterocycles. The minimum atomic E-state index is -0.399. The van der Waals surface area contributed by atoms with E-state index >= 15 is 0 Å². The van der Waals surface area contributed by atoms with E-state index in [4.69, 9.17) is 11.6 Å². The van der Waals surface area contributed by atoms with Gasteiger partial charge in [-0.2, -0.15) is 0 Å². The quantitative estimate of drug-likeness (QED) is 0.752. The Morgan fingerprint density at radius 2 is 2.44 bits per heavy atom. The fraction of sp³-hybridized carbons (Fsp3) is 0.455. The van der Waals surface area contributed by atoms with Crippen LogP contribution in [0.3, 0.4) is 0 Å². The van der Waals surface area contributed by atoms with Crippen LogP contribution < -0.4 is 0 Å². The van der Waals surface area contributed by atoms with Crippen molar-refractivity contribution < 1.29 is 9.90 Å². The number of aromatic nitrogens is 1. The summed E-state index contributed by atoms with van der Waals surface area (Å²) >= 11 is 5.73. The zero-order valence-electron chi connectivity index (χ0n) is 8.98. The van der Waals surface area contributed by atoms with Gasteiger partial charge in [-0.05, 0) is 25.0 Å². The van der Waals surface area contributed by atoms with E-state index in [1.54, 1.807) is 11.0 Å². The average Bonchev–Trinajstić information content (AvgIpc) is 2.64. The molecule has 0 radical (unpaired) electrons. The number of amides is 1. The lowest BCUT2D eigenvalue weighted by molar-refractivity contribution is 0.0764. The molecule has 0 bridgehead atoms. The summed E-state index contributed by atoms with van der Waals surface area (Å²) in [5, 5.41) is 9.76. The number of hydrogen-bond acceptors (Lipinski definition) is 3. The van der Waals surface area contributed by atoms with Gasteiger partial charge in [0.2, 0.25) is 0 Å². The van der Waals surface area contributed by atoms with Crippen LogP contribution >= 0.6 is 11.6 Å². The van der Waals surface area contributed by atoms with Crippen molar-refractivity contribution >= 4 is 17.5 Å². The predicted molar refractivity (Wildman–Crippen MR) is 60.5 cm³/mol. The number of hydrogen-bond donors (Lipinski definition) is 1. The Bertz CT molecular complexity index is 422. The molecular formula is C11H13ClN2O2. The van der Waals surface area contributed by atoms with E-state index in [1.165, 1.54) is 6.20 Å². The Hall–Kier alpha value is -1.13. The third-order valence-corrected chi connectivity index (χ3v) is 2.97. The summed E-state index contributed by atoms with van der Waals surface area (Å²) in [7, 11) is 0. The monoisotopic (exact) mass is 240 g/mol. The van der Waals surface area contributed by atoms with Crippen LogP contribution in [0.4, 0.5) is 0 Å². The van der Waals surface area contributed by atoms with Crippen molar-refractivity contribution in [1.29, 1.82) is 0 Å². The van der Waals surface area contributed by atoms with Crippen LogP contribution in [0, 0.1) is 6.92 Å². The average molecular weight is 241 g/mol. The van der Waals surface area contributed by atoms with Gasteiger partial charge in [-0.3, -0.25) is 4.79 Å². The van der Waals surface area contributed by atoms with E-state index in [9.17, 15) is 9.90 Å². The summed E-state index contributed by atoms with van der Waals surface area (Å²) in [6.45, 7) is 2.83. The molecule has 1 aromatic rings. The molecule has 1 atom stereocenters. The van der Waals surface area contributed by atoms with Crippen LogP contribution in [0.5, 0.6) is 0 Å². The Balaban J connectivity index is 2.21. The first-order chi connectivity index (χ1) is 7.58. The van der Waals surface area contributed by atoms with Crippen molar-refractivity contribution in [3.8, 4) is 0 Å². The molecule has 1 saturated heterocycles. The Morgan fingerprint density at radius 3 is 3.00 bits per heavy atom. The molecule has 0 unspecified atom stereocenters. The lowest BCUT2D eigenvalue weighted by atomic mass is 10.1. The third kappa shape index (κ3) is 2.18. The van der Waals surface area contributed by atoms with Gasteiger partial charge in [-0.15, -0.1) is 0 Å². The number of carbonyl (C=O) groups excluding carboxylic acids is 1. The fourth-order valence-electron chi connectivity index (χ4n) is 1.84.